The van der Waals surface area contributed by atoms with E-state index >= 15 is 0 Å². The molecule has 2 aliphatic heterocycles. The number of hydrogen-bond acceptors (Lipinski definition) is 7. The lowest BCUT2D eigenvalue weighted by molar-refractivity contribution is -0.131. The van der Waals surface area contributed by atoms with Gasteiger partial charge in [0.25, 0.3) is 0 Å². The van der Waals surface area contributed by atoms with Crippen LogP contribution in [0.2, 0.25) is 0 Å². The molecular formula is C33H46N6O2S. The highest BCUT2D eigenvalue weighted by atomic mass is 32.1. The molecule has 2 aromatic carbocycles. The Kier molecular flexibility index (Phi) is 11.7. The van der Waals surface area contributed by atoms with Gasteiger partial charge in [0.05, 0.1) is 18.5 Å². The molecule has 0 aliphatic carbocycles. The lowest BCUT2D eigenvalue weighted by atomic mass is 9.96. The second kappa shape index (κ2) is 16.1. The number of carbonyl (C=O) groups excluding carboxylic acids is 2. The van der Waals surface area contributed by atoms with Gasteiger partial charge in [-0.2, -0.15) is 0 Å². The minimum atomic E-state index is -0.0989. The lowest BCUT2D eigenvalue weighted by Crippen LogP contribution is -2.42. The standard InChI is InChI=1S/C33H46N6O2S/c40-31(20-27-10-7-9-26-8-1-2-12-30(26)27)38-33-37-29(24-42-33)21-32(41)39-18-13-25(14-19-39)22-34-15-5-6-16-35-23-28-11-3-4-17-36-28/h1-2,7-10,12,24-25,28,34-36H,3-6,11,13-23H2,(H,37,38,40). The number of anilines is 1. The molecule has 42 heavy (non-hydrogen) atoms. The van der Waals surface area contributed by atoms with Gasteiger partial charge in [-0.15, -0.1) is 11.3 Å². The molecule has 1 atom stereocenters. The van der Waals surface area contributed by atoms with Gasteiger partial charge in [-0.3, -0.25) is 9.59 Å². The van der Waals surface area contributed by atoms with Crippen molar-refractivity contribution in [1.82, 2.24) is 25.8 Å². The first-order valence-corrected chi connectivity index (χ1v) is 16.7. The number of fused-ring (bicyclic) bond motifs is 1. The van der Waals surface area contributed by atoms with Gasteiger partial charge in [0.15, 0.2) is 5.13 Å². The van der Waals surface area contributed by atoms with Crippen LogP contribution in [0.3, 0.4) is 0 Å². The molecule has 226 valence electrons. The van der Waals surface area contributed by atoms with E-state index in [4.69, 9.17) is 0 Å². The molecule has 2 saturated heterocycles. The summed E-state index contributed by atoms with van der Waals surface area (Å²) >= 11 is 1.38. The van der Waals surface area contributed by atoms with Crippen molar-refractivity contribution in [1.29, 1.82) is 0 Å². The van der Waals surface area contributed by atoms with Crippen LogP contribution in [0, 0.1) is 5.92 Å². The molecule has 1 unspecified atom stereocenters. The largest absolute Gasteiger partial charge is 0.342 e. The molecule has 5 rings (SSSR count). The molecule has 4 N–H and O–H groups in total. The van der Waals surface area contributed by atoms with E-state index in [1.165, 1.54) is 50.0 Å². The van der Waals surface area contributed by atoms with Crippen molar-refractivity contribution < 1.29 is 9.59 Å². The summed E-state index contributed by atoms with van der Waals surface area (Å²) in [5.74, 6) is 0.654. The summed E-state index contributed by atoms with van der Waals surface area (Å²) in [7, 11) is 0. The van der Waals surface area contributed by atoms with Gasteiger partial charge in [0.1, 0.15) is 0 Å². The number of aromatic nitrogens is 1. The molecule has 0 spiro atoms. The number of amides is 2. The van der Waals surface area contributed by atoms with Gasteiger partial charge in [-0.1, -0.05) is 48.9 Å². The molecule has 0 saturated carbocycles. The van der Waals surface area contributed by atoms with Crippen molar-refractivity contribution in [3.8, 4) is 0 Å². The molecule has 0 radical (unpaired) electrons. The molecule has 9 heteroatoms. The molecule has 8 nitrogen and oxygen atoms in total. The Morgan fingerprint density at radius 1 is 0.929 bits per heavy atom. The number of nitrogens with one attached hydrogen (secondary N) is 4. The maximum Gasteiger partial charge on any atom is 0.230 e. The van der Waals surface area contributed by atoms with Crippen LogP contribution in [0.1, 0.15) is 56.2 Å². The van der Waals surface area contributed by atoms with E-state index in [0.29, 0.717) is 17.1 Å². The number of hydrogen-bond donors (Lipinski definition) is 4. The Balaban J connectivity index is 0.937. The Hall–Kier alpha value is -2.85. The molecule has 2 fully saturated rings. The van der Waals surface area contributed by atoms with Crippen LogP contribution >= 0.6 is 11.3 Å². The fourth-order valence-corrected chi connectivity index (χ4v) is 6.79. The van der Waals surface area contributed by atoms with Gasteiger partial charge >= 0.3 is 0 Å². The first-order valence-electron chi connectivity index (χ1n) is 15.8. The zero-order valence-electron chi connectivity index (χ0n) is 24.7. The number of nitrogens with zero attached hydrogens (tertiary/aromatic N) is 2. The molecule has 1 aromatic heterocycles. The van der Waals surface area contributed by atoms with Gasteiger partial charge < -0.3 is 26.2 Å². The lowest BCUT2D eigenvalue weighted by Gasteiger charge is -2.32. The average molecular weight is 591 g/mol. The monoisotopic (exact) mass is 590 g/mol. The minimum absolute atomic E-state index is 0.0989. The minimum Gasteiger partial charge on any atom is -0.342 e. The van der Waals surface area contributed by atoms with E-state index in [9.17, 15) is 9.59 Å². The van der Waals surface area contributed by atoms with Crippen molar-refractivity contribution in [3.63, 3.8) is 0 Å². The summed E-state index contributed by atoms with van der Waals surface area (Å²) < 4.78 is 0. The van der Waals surface area contributed by atoms with Crippen molar-refractivity contribution >= 4 is 39.1 Å². The second-order valence-corrected chi connectivity index (χ2v) is 12.6. The Morgan fingerprint density at radius 2 is 1.71 bits per heavy atom. The van der Waals surface area contributed by atoms with Crippen molar-refractivity contribution in [3.05, 3.63) is 59.1 Å². The summed E-state index contributed by atoms with van der Waals surface area (Å²) in [5.41, 5.74) is 1.71. The second-order valence-electron chi connectivity index (χ2n) is 11.8. The fraction of sp³-hybridized carbons (Fsp3) is 0.545. The summed E-state index contributed by atoms with van der Waals surface area (Å²) in [6, 6.07) is 14.8. The number of piperidine rings is 2. The van der Waals surface area contributed by atoms with E-state index in [1.54, 1.807) is 0 Å². The normalized spacial score (nSPS) is 17.9. The number of rotatable bonds is 14. The molecule has 3 aromatic rings. The van der Waals surface area contributed by atoms with Gasteiger partial charge in [-0.25, -0.2) is 4.98 Å². The van der Waals surface area contributed by atoms with E-state index in [-0.39, 0.29) is 24.7 Å². The maximum atomic E-state index is 12.9. The fourth-order valence-electron chi connectivity index (χ4n) is 6.06. The highest BCUT2D eigenvalue weighted by Crippen LogP contribution is 2.22. The van der Waals surface area contributed by atoms with Crippen molar-refractivity contribution in [2.45, 2.75) is 63.8 Å². The highest BCUT2D eigenvalue weighted by Gasteiger charge is 2.23. The van der Waals surface area contributed by atoms with E-state index in [2.05, 4.69) is 38.4 Å². The molecule has 2 amide bonds. The third-order valence-corrected chi connectivity index (χ3v) is 9.33. The van der Waals surface area contributed by atoms with Crippen LogP contribution in [-0.2, 0) is 22.4 Å². The summed E-state index contributed by atoms with van der Waals surface area (Å²) in [6.45, 7) is 7.08. The zero-order chi connectivity index (χ0) is 29.0. The topological polar surface area (TPSA) is 98.4 Å². The first-order chi connectivity index (χ1) is 20.6. The number of likely N-dealkylation sites (tertiary alicyclic amines) is 1. The van der Waals surface area contributed by atoms with E-state index in [0.717, 1.165) is 74.1 Å². The Bertz CT molecular complexity index is 1280. The van der Waals surface area contributed by atoms with E-state index in [1.807, 2.05) is 40.6 Å². The SMILES string of the molecule is O=C(Cc1cccc2ccccc12)Nc1nc(CC(=O)N2CCC(CNCCCCNCC3CCCCN3)CC2)cs1. The number of benzene rings is 2. The van der Waals surface area contributed by atoms with Crippen LogP contribution in [0.25, 0.3) is 10.8 Å². The maximum absolute atomic E-state index is 12.9. The Morgan fingerprint density at radius 3 is 2.52 bits per heavy atom. The molecular weight excluding hydrogens is 544 g/mol. The van der Waals surface area contributed by atoms with Crippen LogP contribution in [0.5, 0.6) is 0 Å². The predicted octanol–water partition coefficient (Wildman–Crippen LogP) is 4.36. The third kappa shape index (κ3) is 9.33. The van der Waals surface area contributed by atoms with Crippen molar-refractivity contribution in [2.75, 3.05) is 51.1 Å². The summed E-state index contributed by atoms with van der Waals surface area (Å²) in [5, 5.41) is 18.4. The number of thiazole rings is 1. The highest BCUT2D eigenvalue weighted by molar-refractivity contribution is 7.13. The first kappa shape index (κ1) is 30.6. The number of unbranched alkanes of at least 4 members (excludes halogenated alkanes) is 1. The van der Waals surface area contributed by atoms with Crippen LogP contribution < -0.4 is 21.3 Å². The molecule has 3 heterocycles. The Labute approximate surface area is 254 Å². The molecule has 0 bridgehead atoms. The van der Waals surface area contributed by atoms with Gasteiger partial charge in [0.2, 0.25) is 11.8 Å². The van der Waals surface area contributed by atoms with Crippen LogP contribution in [0.4, 0.5) is 5.13 Å². The summed E-state index contributed by atoms with van der Waals surface area (Å²) in [6.07, 6.45) is 9.04. The van der Waals surface area contributed by atoms with Crippen LogP contribution in [0.15, 0.2) is 47.8 Å². The smallest absolute Gasteiger partial charge is 0.230 e. The van der Waals surface area contributed by atoms with Crippen LogP contribution in [-0.4, -0.2) is 73.6 Å². The van der Waals surface area contributed by atoms with Gasteiger partial charge in [0, 0.05) is 31.1 Å². The van der Waals surface area contributed by atoms with E-state index < -0.39 is 0 Å². The summed E-state index contributed by atoms with van der Waals surface area (Å²) in [4.78, 5) is 32.1. The van der Waals surface area contributed by atoms with Gasteiger partial charge in [-0.05, 0) is 87.0 Å². The quantitative estimate of drug-likeness (QED) is 0.208. The average Bonchev–Trinajstić information content (AvgIpc) is 3.45. The predicted molar refractivity (Wildman–Crippen MR) is 172 cm³/mol. The van der Waals surface area contributed by atoms with Crippen molar-refractivity contribution in [2.24, 2.45) is 5.92 Å². The zero-order valence-corrected chi connectivity index (χ0v) is 25.5. The molecule has 2 aliphatic rings. The third-order valence-electron chi connectivity index (χ3n) is 8.52. The number of carbonyl (C=O) groups is 2.